The quantitative estimate of drug-likeness (QED) is 0.538. The van der Waals surface area contributed by atoms with Crippen LogP contribution in [-0.4, -0.2) is 19.6 Å². The maximum absolute atomic E-state index is 12.6. The van der Waals surface area contributed by atoms with Gasteiger partial charge in [0.1, 0.15) is 11.6 Å². The molecule has 0 bridgehead atoms. The van der Waals surface area contributed by atoms with Crippen molar-refractivity contribution in [2.75, 3.05) is 13.3 Å². The van der Waals surface area contributed by atoms with Gasteiger partial charge in [-0.25, -0.2) is 4.39 Å². The van der Waals surface area contributed by atoms with Crippen LogP contribution < -0.4 is 4.74 Å². The molecule has 0 saturated carbocycles. The van der Waals surface area contributed by atoms with E-state index in [-0.39, 0.29) is 24.3 Å². The number of benzene rings is 1. The van der Waals surface area contributed by atoms with Gasteiger partial charge >= 0.3 is 0 Å². The first-order chi connectivity index (χ1) is 6.77. The van der Waals surface area contributed by atoms with E-state index >= 15 is 0 Å². The molecule has 0 aliphatic carbocycles. The molecule has 0 fully saturated rings. The topological polar surface area (TPSA) is 26.3 Å². The van der Waals surface area contributed by atoms with Crippen molar-refractivity contribution in [1.29, 1.82) is 0 Å². The first-order valence-corrected chi connectivity index (χ1v) is 4.21. The molecule has 14 heavy (non-hydrogen) atoms. The smallest absolute Gasteiger partial charge is 0.153 e. The highest BCUT2D eigenvalue weighted by Crippen LogP contribution is 2.17. The second-order valence-electron chi connectivity index (χ2n) is 2.69. The van der Waals surface area contributed by atoms with Crippen molar-refractivity contribution in [3.05, 3.63) is 29.6 Å². The average Bonchev–Trinajstić information content (AvgIpc) is 2.20. The minimum Gasteiger partial charge on any atom is -0.493 e. The molecule has 0 N–H and O–H groups in total. The maximum Gasteiger partial charge on any atom is 0.153 e. The summed E-state index contributed by atoms with van der Waals surface area (Å²) in [4.78, 5) is 10.5. The fourth-order valence-corrected chi connectivity index (χ4v) is 0.980. The Morgan fingerprint density at radius 1 is 1.43 bits per heavy atom. The van der Waals surface area contributed by atoms with Crippen LogP contribution in [0.2, 0.25) is 0 Å². The number of rotatable bonds is 5. The van der Waals surface area contributed by atoms with Gasteiger partial charge in [0.05, 0.1) is 18.8 Å². The number of alkyl halides is 1. The predicted molar refractivity (Wildman–Crippen MR) is 47.9 cm³/mol. The molecule has 0 amide bonds. The van der Waals surface area contributed by atoms with E-state index in [4.69, 9.17) is 4.74 Å². The zero-order valence-electron chi connectivity index (χ0n) is 7.50. The van der Waals surface area contributed by atoms with Gasteiger partial charge in [0.15, 0.2) is 6.29 Å². The van der Waals surface area contributed by atoms with E-state index < -0.39 is 12.5 Å². The van der Waals surface area contributed by atoms with Crippen LogP contribution >= 0.6 is 0 Å². The Balaban J connectivity index is 2.70. The van der Waals surface area contributed by atoms with Crippen molar-refractivity contribution in [3.63, 3.8) is 0 Å². The Kier molecular flexibility index (Phi) is 4.04. The minimum absolute atomic E-state index is 0.142. The molecule has 0 aromatic heterocycles. The minimum atomic E-state index is -0.495. The number of ether oxygens (including phenoxy) is 1. The molecule has 2 nitrogen and oxygen atoms in total. The summed E-state index contributed by atoms with van der Waals surface area (Å²) in [5.41, 5.74) is 0.142. The van der Waals surface area contributed by atoms with Crippen LogP contribution in [0, 0.1) is 5.82 Å². The summed E-state index contributed by atoms with van der Waals surface area (Å²) in [5.74, 6) is -0.209. The zero-order chi connectivity index (χ0) is 10.4. The largest absolute Gasteiger partial charge is 0.493 e. The number of aldehydes is 1. The SMILES string of the molecule is O=Cc1cc(F)ccc1OCCCF. The van der Waals surface area contributed by atoms with E-state index in [2.05, 4.69) is 0 Å². The van der Waals surface area contributed by atoms with E-state index in [1.165, 1.54) is 12.1 Å². The van der Waals surface area contributed by atoms with Gasteiger partial charge in [-0.1, -0.05) is 0 Å². The Hall–Kier alpha value is -1.45. The average molecular weight is 200 g/mol. The summed E-state index contributed by atoms with van der Waals surface area (Å²) in [6.45, 7) is -0.291. The highest BCUT2D eigenvalue weighted by molar-refractivity contribution is 5.79. The summed E-state index contributed by atoms with van der Waals surface area (Å²) >= 11 is 0. The maximum atomic E-state index is 12.6. The van der Waals surface area contributed by atoms with E-state index in [1.54, 1.807) is 0 Å². The molecule has 0 atom stereocenters. The van der Waals surface area contributed by atoms with Gasteiger partial charge < -0.3 is 4.74 Å². The van der Waals surface area contributed by atoms with Gasteiger partial charge in [-0.05, 0) is 18.2 Å². The number of carbonyl (C=O) groups is 1. The lowest BCUT2D eigenvalue weighted by Gasteiger charge is -2.06. The van der Waals surface area contributed by atoms with Gasteiger partial charge in [0, 0.05) is 6.42 Å². The Morgan fingerprint density at radius 3 is 2.86 bits per heavy atom. The summed E-state index contributed by atoms with van der Waals surface area (Å²) in [7, 11) is 0. The highest BCUT2D eigenvalue weighted by Gasteiger charge is 2.03. The van der Waals surface area contributed by atoms with Crippen molar-refractivity contribution >= 4 is 6.29 Å². The second kappa shape index (κ2) is 5.32. The predicted octanol–water partition coefficient (Wildman–Crippen LogP) is 2.38. The Morgan fingerprint density at radius 2 is 2.21 bits per heavy atom. The molecule has 1 aromatic rings. The highest BCUT2D eigenvalue weighted by atomic mass is 19.1. The first-order valence-electron chi connectivity index (χ1n) is 4.21. The van der Waals surface area contributed by atoms with Crippen molar-refractivity contribution in [2.24, 2.45) is 0 Å². The third-order valence-corrected chi connectivity index (χ3v) is 1.63. The monoisotopic (exact) mass is 200 g/mol. The van der Waals surface area contributed by atoms with Crippen LogP contribution in [0.25, 0.3) is 0 Å². The summed E-state index contributed by atoms with van der Waals surface area (Å²) in [6, 6.07) is 3.63. The van der Waals surface area contributed by atoms with Gasteiger partial charge in [0.25, 0.3) is 0 Å². The second-order valence-corrected chi connectivity index (χ2v) is 2.69. The molecule has 0 heterocycles. The molecular weight excluding hydrogens is 190 g/mol. The fraction of sp³-hybridized carbons (Fsp3) is 0.300. The standard InChI is InChI=1S/C10H10F2O2/c11-4-1-5-14-10-3-2-9(12)6-8(10)7-13/h2-3,6-7H,1,4-5H2. The van der Waals surface area contributed by atoms with Gasteiger partial charge in [0.2, 0.25) is 0 Å². The third-order valence-electron chi connectivity index (χ3n) is 1.63. The number of carbonyl (C=O) groups excluding carboxylic acids is 1. The van der Waals surface area contributed by atoms with Crippen LogP contribution in [0.3, 0.4) is 0 Å². The van der Waals surface area contributed by atoms with Crippen LogP contribution in [-0.2, 0) is 0 Å². The van der Waals surface area contributed by atoms with Gasteiger partial charge in [-0.3, -0.25) is 9.18 Å². The Bertz CT molecular complexity index is 313. The van der Waals surface area contributed by atoms with Crippen LogP contribution in [0.15, 0.2) is 18.2 Å². The van der Waals surface area contributed by atoms with Crippen LogP contribution in [0.4, 0.5) is 8.78 Å². The molecule has 0 unspecified atom stereocenters. The van der Waals surface area contributed by atoms with Crippen LogP contribution in [0.5, 0.6) is 5.75 Å². The molecule has 0 aliphatic rings. The molecule has 0 radical (unpaired) electrons. The molecule has 76 valence electrons. The molecular formula is C10H10F2O2. The van der Waals surface area contributed by atoms with Crippen molar-refractivity contribution in [3.8, 4) is 5.75 Å². The van der Waals surface area contributed by atoms with Crippen molar-refractivity contribution in [2.45, 2.75) is 6.42 Å². The lowest BCUT2D eigenvalue weighted by molar-refractivity contribution is 0.111. The normalized spacial score (nSPS) is 9.86. The molecule has 0 spiro atoms. The van der Waals surface area contributed by atoms with Crippen LogP contribution in [0.1, 0.15) is 16.8 Å². The van der Waals surface area contributed by atoms with Crippen molar-refractivity contribution < 1.29 is 18.3 Å². The summed E-state index contributed by atoms with van der Waals surface area (Å²) in [6.07, 6.45) is 0.767. The fourth-order valence-electron chi connectivity index (χ4n) is 0.980. The van der Waals surface area contributed by atoms with Crippen molar-refractivity contribution in [1.82, 2.24) is 0 Å². The third kappa shape index (κ3) is 2.80. The molecule has 4 heteroatoms. The molecule has 1 rings (SSSR count). The zero-order valence-corrected chi connectivity index (χ0v) is 7.50. The number of hydrogen-bond acceptors (Lipinski definition) is 2. The first kappa shape index (κ1) is 10.6. The van der Waals surface area contributed by atoms with E-state index in [9.17, 15) is 13.6 Å². The lowest BCUT2D eigenvalue weighted by Crippen LogP contribution is -2.00. The molecule has 1 aromatic carbocycles. The van der Waals surface area contributed by atoms with E-state index in [0.717, 1.165) is 6.07 Å². The van der Waals surface area contributed by atoms with Gasteiger partial charge in [-0.15, -0.1) is 0 Å². The summed E-state index contributed by atoms with van der Waals surface area (Å²) in [5, 5.41) is 0. The molecule has 0 saturated heterocycles. The Labute approximate surface area is 80.5 Å². The van der Waals surface area contributed by atoms with Gasteiger partial charge in [-0.2, -0.15) is 0 Å². The number of halogens is 2. The van der Waals surface area contributed by atoms with E-state index in [1.807, 2.05) is 0 Å². The lowest BCUT2D eigenvalue weighted by atomic mass is 10.2. The van der Waals surface area contributed by atoms with E-state index in [0.29, 0.717) is 6.29 Å². The summed E-state index contributed by atoms with van der Waals surface area (Å²) < 4.78 is 29.5. The molecule has 0 aliphatic heterocycles. The number of hydrogen-bond donors (Lipinski definition) is 0.